The Labute approximate surface area is 391 Å². The predicted molar refractivity (Wildman–Crippen MR) is 254 cm³/mol. The number of cyclic esters (lactones) is 1. The average Bonchev–Trinajstić information content (AvgIpc) is 3.88. The number of benzene rings is 1. The molecule has 7 rings (SSSR count). The molecule has 1 aromatic carbocycles. The summed E-state index contributed by atoms with van der Waals surface area (Å²) >= 11 is 1.41. The second-order valence-electron chi connectivity index (χ2n) is 19.0. The standard InChI is InChI=1S/C49H65N9O7S/c1-11-41(59)54(8)24-31-25-56(26-31)48(63)55(9)43(29(3)4)45(60)52-37-22-40-51-38(27-66-40)32-17-18-39-34(21-32)35(44(57(39)12-2)33-15-13-19-50-42(33)30(5)64-10)23-49(6,7)28-65-47(62)36-16-14-20-58(53-36)46(37)61/h11,13,15,17-19,21,27,29-31,36-37,43,53H,1,12,14,16,20,22-26,28H2,2-10H3,(H,52,60)/t30-,36-,37-,43-/m0/s1. The SMILES string of the molecule is C=CC(=O)N(C)CC1CN(C(=O)N(C)[C@H](C(=O)N[C@H]2Cc3nc(cs3)-c3ccc4c(c3)c(c(-c3cccnc3[C@H](C)OC)n4CC)CC(C)(C)COC(=O)[C@@H]3CCCN(N3)C2=O)C(C)C)C1. The van der Waals surface area contributed by atoms with Crippen LogP contribution in [0.5, 0.6) is 0 Å². The first kappa shape index (κ1) is 48.3. The number of ether oxygens (including phenoxy) is 2. The average molecular weight is 924 g/mol. The summed E-state index contributed by atoms with van der Waals surface area (Å²) in [4.78, 5) is 83.3. The summed E-state index contributed by atoms with van der Waals surface area (Å²) in [5.74, 6) is -1.74. The Morgan fingerprint density at radius 1 is 1.15 bits per heavy atom. The minimum Gasteiger partial charge on any atom is -0.464 e. The summed E-state index contributed by atoms with van der Waals surface area (Å²) in [6.45, 7) is 18.1. The molecule has 0 aliphatic carbocycles. The van der Waals surface area contributed by atoms with Gasteiger partial charge < -0.3 is 34.1 Å². The van der Waals surface area contributed by atoms with Crippen LogP contribution >= 0.6 is 11.3 Å². The van der Waals surface area contributed by atoms with E-state index < -0.39 is 41.3 Å². The van der Waals surface area contributed by atoms with Crippen molar-refractivity contribution in [2.45, 2.75) is 98.0 Å². The largest absolute Gasteiger partial charge is 0.464 e. The number of amides is 5. The van der Waals surface area contributed by atoms with E-state index in [-0.39, 0.29) is 42.9 Å². The number of hydrogen-bond donors (Lipinski definition) is 2. The van der Waals surface area contributed by atoms with E-state index in [4.69, 9.17) is 19.4 Å². The van der Waals surface area contributed by atoms with Gasteiger partial charge in [-0.15, -0.1) is 11.3 Å². The lowest BCUT2D eigenvalue weighted by molar-refractivity contribution is -0.155. The third kappa shape index (κ3) is 10.0. The number of carbonyl (C=O) groups excluding carboxylic acids is 5. The normalized spacial score (nSPS) is 20.0. The number of urea groups is 1. The Hall–Kier alpha value is -5.65. The van der Waals surface area contributed by atoms with Gasteiger partial charge in [-0.05, 0) is 74.9 Å². The van der Waals surface area contributed by atoms with Crippen LogP contribution in [0.4, 0.5) is 4.79 Å². The van der Waals surface area contributed by atoms with E-state index >= 15 is 0 Å². The van der Waals surface area contributed by atoms with Crippen molar-refractivity contribution < 1.29 is 33.4 Å². The van der Waals surface area contributed by atoms with E-state index in [1.54, 1.807) is 37.2 Å². The first-order valence-electron chi connectivity index (χ1n) is 23.0. The third-order valence-corrected chi connectivity index (χ3v) is 14.0. The molecule has 5 amide bonds. The highest BCUT2D eigenvalue weighted by Crippen LogP contribution is 2.42. The maximum Gasteiger partial charge on any atom is 0.324 e. The van der Waals surface area contributed by atoms with Crippen molar-refractivity contribution in [1.82, 2.24) is 45.0 Å². The van der Waals surface area contributed by atoms with Crippen LogP contribution in [0, 0.1) is 17.3 Å². The van der Waals surface area contributed by atoms with Crippen LogP contribution in [0.3, 0.4) is 0 Å². The molecular weight excluding hydrogens is 859 g/mol. The molecule has 4 atom stereocenters. The third-order valence-electron chi connectivity index (χ3n) is 13.1. The van der Waals surface area contributed by atoms with Crippen LogP contribution in [0.1, 0.15) is 76.8 Å². The number of hydrazine groups is 1. The quantitative estimate of drug-likeness (QED) is 0.137. The summed E-state index contributed by atoms with van der Waals surface area (Å²) in [7, 11) is 4.99. The molecule has 2 fully saturated rings. The summed E-state index contributed by atoms with van der Waals surface area (Å²) in [5, 5.41) is 8.10. The number of nitrogens with one attached hydrogen (secondary N) is 2. The minimum absolute atomic E-state index is 0.0786. The molecule has 0 saturated carbocycles. The number of likely N-dealkylation sites (tertiary alicyclic amines) is 1. The predicted octanol–water partition coefficient (Wildman–Crippen LogP) is 5.86. The Kier molecular flexibility index (Phi) is 14.7. The number of carbonyl (C=O) groups is 5. The van der Waals surface area contributed by atoms with E-state index in [1.165, 1.54) is 27.3 Å². The van der Waals surface area contributed by atoms with Gasteiger partial charge in [-0.1, -0.05) is 40.3 Å². The Bertz CT molecular complexity index is 2470. The molecule has 3 aromatic heterocycles. The number of fused-ring (bicyclic) bond motifs is 6. The second-order valence-corrected chi connectivity index (χ2v) is 20.0. The Balaban J connectivity index is 1.23. The zero-order valence-electron chi connectivity index (χ0n) is 39.8. The fourth-order valence-corrected chi connectivity index (χ4v) is 10.4. The van der Waals surface area contributed by atoms with Gasteiger partial charge in [0.1, 0.15) is 18.1 Å². The van der Waals surface area contributed by atoms with Crippen molar-refractivity contribution in [2.75, 3.05) is 54.0 Å². The molecule has 16 nitrogen and oxygen atoms in total. The van der Waals surface area contributed by atoms with Crippen molar-refractivity contribution >= 4 is 52.0 Å². The first-order chi connectivity index (χ1) is 31.4. The van der Waals surface area contributed by atoms with Crippen LogP contribution in [0.25, 0.3) is 33.4 Å². The van der Waals surface area contributed by atoms with E-state index in [0.29, 0.717) is 57.0 Å². The molecule has 3 aliphatic rings. The molecule has 17 heteroatoms. The zero-order chi connectivity index (χ0) is 47.6. The van der Waals surface area contributed by atoms with E-state index in [1.807, 2.05) is 32.2 Å². The van der Waals surface area contributed by atoms with Crippen molar-refractivity contribution in [2.24, 2.45) is 17.3 Å². The van der Waals surface area contributed by atoms with E-state index in [0.717, 1.165) is 44.7 Å². The number of pyridine rings is 1. The molecule has 0 radical (unpaired) electrons. The Morgan fingerprint density at radius 3 is 2.61 bits per heavy atom. The van der Waals surface area contributed by atoms with Gasteiger partial charge >= 0.3 is 12.0 Å². The minimum atomic E-state index is -1.08. The van der Waals surface area contributed by atoms with Gasteiger partial charge in [0.15, 0.2) is 0 Å². The van der Waals surface area contributed by atoms with E-state index in [9.17, 15) is 24.0 Å². The van der Waals surface area contributed by atoms with Gasteiger partial charge in [0, 0.05) is 105 Å². The zero-order valence-corrected chi connectivity index (χ0v) is 40.6. The van der Waals surface area contributed by atoms with Gasteiger partial charge in [-0.2, -0.15) is 0 Å². The number of likely N-dealkylation sites (N-methyl/N-ethyl adjacent to an activating group) is 2. The van der Waals surface area contributed by atoms with Crippen molar-refractivity contribution in [1.29, 1.82) is 0 Å². The van der Waals surface area contributed by atoms with Crippen LogP contribution < -0.4 is 10.7 Å². The van der Waals surface area contributed by atoms with E-state index in [2.05, 4.69) is 66.9 Å². The number of esters is 1. The highest BCUT2D eigenvalue weighted by molar-refractivity contribution is 7.10. The number of nitrogens with zero attached hydrogens (tertiary/aromatic N) is 7. The van der Waals surface area contributed by atoms with Crippen molar-refractivity contribution in [3.05, 3.63) is 70.8 Å². The number of thiazole rings is 1. The summed E-state index contributed by atoms with van der Waals surface area (Å²) in [6, 6.07) is 7.32. The van der Waals surface area contributed by atoms with Crippen LogP contribution in [0.15, 0.2) is 54.6 Å². The Morgan fingerprint density at radius 2 is 1.91 bits per heavy atom. The summed E-state index contributed by atoms with van der Waals surface area (Å²) in [6.07, 6.45) is 4.46. The maximum atomic E-state index is 14.6. The molecule has 2 N–H and O–H groups in total. The highest BCUT2D eigenvalue weighted by atomic mass is 32.1. The molecule has 2 saturated heterocycles. The summed E-state index contributed by atoms with van der Waals surface area (Å²) < 4.78 is 14.2. The lowest BCUT2D eigenvalue weighted by Crippen LogP contribution is -2.63. The second kappa shape index (κ2) is 20.1. The molecule has 0 unspecified atom stereocenters. The maximum absolute atomic E-state index is 14.6. The molecular formula is C49H65N9O7S. The number of aryl methyl sites for hydroxylation is 1. The fourth-order valence-electron chi connectivity index (χ4n) is 9.56. The fraction of sp³-hybridized carbons (Fsp3) is 0.531. The number of rotatable bonds is 11. The number of aromatic nitrogens is 3. The molecule has 6 bridgehead atoms. The molecule has 354 valence electrons. The number of hydrogen-bond acceptors (Lipinski definition) is 11. The van der Waals surface area contributed by atoms with Crippen LogP contribution in [-0.4, -0.2) is 136 Å². The highest BCUT2D eigenvalue weighted by Gasteiger charge is 2.41. The van der Waals surface area contributed by atoms with Crippen LogP contribution in [0.2, 0.25) is 0 Å². The lowest BCUT2D eigenvalue weighted by atomic mass is 9.84. The first-order valence-corrected chi connectivity index (χ1v) is 23.8. The van der Waals surface area contributed by atoms with Gasteiger partial charge in [0.05, 0.1) is 34.8 Å². The van der Waals surface area contributed by atoms with Crippen molar-refractivity contribution in [3.8, 4) is 22.5 Å². The monoisotopic (exact) mass is 923 g/mol. The van der Waals surface area contributed by atoms with Gasteiger partial charge in [-0.3, -0.25) is 29.2 Å². The smallest absolute Gasteiger partial charge is 0.324 e. The molecule has 66 heavy (non-hydrogen) atoms. The molecule has 0 spiro atoms. The molecule has 3 aliphatic heterocycles. The van der Waals surface area contributed by atoms with Crippen molar-refractivity contribution in [3.63, 3.8) is 0 Å². The molecule has 4 aromatic rings. The van der Waals surface area contributed by atoms with Gasteiger partial charge in [0.25, 0.3) is 5.91 Å². The summed E-state index contributed by atoms with van der Waals surface area (Å²) in [5.41, 5.74) is 9.26. The van der Waals surface area contributed by atoms with Gasteiger partial charge in [0.2, 0.25) is 11.8 Å². The van der Waals surface area contributed by atoms with Crippen LogP contribution in [-0.2, 0) is 48.0 Å². The van der Waals surface area contributed by atoms with Gasteiger partial charge in [-0.25, -0.2) is 15.2 Å². The lowest BCUT2D eigenvalue weighted by Gasteiger charge is -2.44. The molecule has 6 heterocycles. The topological polar surface area (TPSA) is 172 Å². The number of methoxy groups -OCH3 is 1.